The van der Waals surface area contributed by atoms with E-state index in [0.29, 0.717) is 24.3 Å². The summed E-state index contributed by atoms with van der Waals surface area (Å²) in [6.45, 7) is 4.63. The molecule has 88 valence electrons. The molecule has 0 amide bonds. The first-order chi connectivity index (χ1) is 7.60. The highest BCUT2D eigenvalue weighted by molar-refractivity contribution is 6.00. The number of rotatable bonds is 5. The lowest BCUT2D eigenvalue weighted by atomic mass is 9.99. The minimum absolute atomic E-state index is 0.128. The van der Waals surface area contributed by atoms with E-state index in [9.17, 15) is 4.79 Å². The molecule has 0 aliphatic carbocycles. The molecule has 1 aromatic carbocycles. The van der Waals surface area contributed by atoms with Crippen molar-refractivity contribution in [2.24, 2.45) is 0 Å². The molecule has 0 heterocycles. The highest BCUT2D eigenvalue weighted by Gasteiger charge is 2.15. The van der Waals surface area contributed by atoms with Crippen LogP contribution in [0.25, 0.3) is 0 Å². The molecule has 0 bridgehead atoms. The number of carbonyl (C=O) groups is 1. The van der Waals surface area contributed by atoms with Gasteiger partial charge in [-0.1, -0.05) is 6.07 Å². The summed E-state index contributed by atoms with van der Waals surface area (Å²) in [5.41, 5.74) is 2.81. The van der Waals surface area contributed by atoms with Crippen molar-refractivity contribution in [1.82, 2.24) is 5.32 Å². The van der Waals surface area contributed by atoms with Crippen LogP contribution in [0.3, 0.4) is 0 Å². The van der Waals surface area contributed by atoms with Gasteiger partial charge >= 0.3 is 0 Å². The highest BCUT2D eigenvalue weighted by atomic mass is 16.5. The third-order valence-corrected chi connectivity index (χ3v) is 2.54. The van der Waals surface area contributed by atoms with Gasteiger partial charge in [0.25, 0.3) is 0 Å². The Labute approximate surface area is 96.8 Å². The van der Waals surface area contributed by atoms with E-state index in [-0.39, 0.29) is 5.78 Å². The first-order valence-corrected chi connectivity index (χ1v) is 5.43. The van der Waals surface area contributed by atoms with E-state index >= 15 is 0 Å². The van der Waals surface area contributed by atoms with Gasteiger partial charge in [-0.25, -0.2) is 0 Å². The van der Waals surface area contributed by atoms with E-state index in [0.717, 1.165) is 11.1 Å². The number of carbonyl (C=O) groups excluding carboxylic acids is 1. The summed E-state index contributed by atoms with van der Waals surface area (Å²) in [6.07, 6.45) is 0.497. The molecular weight excluding hydrogens is 202 g/mol. The third kappa shape index (κ3) is 2.83. The van der Waals surface area contributed by atoms with E-state index in [2.05, 4.69) is 5.32 Å². The Kier molecular flexibility index (Phi) is 4.50. The summed E-state index contributed by atoms with van der Waals surface area (Å²) in [6, 6.07) is 3.91. The first-order valence-electron chi connectivity index (χ1n) is 5.43. The van der Waals surface area contributed by atoms with E-state index in [4.69, 9.17) is 4.74 Å². The maximum absolute atomic E-state index is 12.0. The summed E-state index contributed by atoms with van der Waals surface area (Å²) < 4.78 is 5.27. The lowest BCUT2D eigenvalue weighted by Gasteiger charge is -2.11. The van der Waals surface area contributed by atoms with Gasteiger partial charge in [-0.05, 0) is 38.1 Å². The number of hydrogen-bond acceptors (Lipinski definition) is 3. The molecule has 1 rings (SSSR count). The van der Waals surface area contributed by atoms with Crippen LogP contribution >= 0.6 is 0 Å². The Morgan fingerprint density at radius 1 is 1.38 bits per heavy atom. The molecule has 0 aliphatic heterocycles. The van der Waals surface area contributed by atoms with Gasteiger partial charge < -0.3 is 10.1 Å². The Bertz CT molecular complexity index is 386. The van der Waals surface area contributed by atoms with Gasteiger partial charge in [0.2, 0.25) is 0 Å². The Hall–Kier alpha value is -1.35. The second-order valence-electron chi connectivity index (χ2n) is 3.94. The largest absolute Gasteiger partial charge is 0.496 e. The molecule has 0 aromatic heterocycles. The number of benzene rings is 1. The molecule has 0 atom stereocenters. The second kappa shape index (κ2) is 5.66. The first kappa shape index (κ1) is 12.7. The fourth-order valence-corrected chi connectivity index (χ4v) is 1.81. The molecule has 0 aliphatic rings. The molecule has 0 fully saturated rings. The zero-order valence-electron chi connectivity index (χ0n) is 10.4. The maximum Gasteiger partial charge on any atom is 0.168 e. The van der Waals surface area contributed by atoms with E-state index in [1.165, 1.54) is 0 Å². The molecule has 0 spiro atoms. The van der Waals surface area contributed by atoms with Crippen LogP contribution in [0.4, 0.5) is 0 Å². The van der Waals surface area contributed by atoms with Crippen molar-refractivity contribution in [3.8, 4) is 5.75 Å². The number of nitrogens with one attached hydrogen (secondary N) is 1. The maximum atomic E-state index is 12.0. The Balaban J connectivity index is 3.06. The zero-order valence-corrected chi connectivity index (χ0v) is 10.4. The average Bonchev–Trinajstić information content (AvgIpc) is 2.24. The molecule has 3 nitrogen and oxygen atoms in total. The van der Waals surface area contributed by atoms with Crippen molar-refractivity contribution >= 4 is 5.78 Å². The number of ether oxygens (including phenoxy) is 1. The van der Waals surface area contributed by atoms with Crippen LogP contribution in [-0.4, -0.2) is 26.5 Å². The summed E-state index contributed by atoms with van der Waals surface area (Å²) in [5.74, 6) is 0.808. The molecule has 1 aromatic rings. The van der Waals surface area contributed by atoms with Crippen molar-refractivity contribution in [3.63, 3.8) is 0 Å². The van der Waals surface area contributed by atoms with Crippen LogP contribution in [0, 0.1) is 13.8 Å². The molecule has 0 saturated carbocycles. The molecule has 3 heteroatoms. The van der Waals surface area contributed by atoms with Crippen molar-refractivity contribution < 1.29 is 9.53 Å². The minimum Gasteiger partial charge on any atom is -0.496 e. The van der Waals surface area contributed by atoms with Crippen molar-refractivity contribution in [3.05, 3.63) is 28.8 Å². The van der Waals surface area contributed by atoms with Gasteiger partial charge in [0.15, 0.2) is 5.78 Å². The topological polar surface area (TPSA) is 38.3 Å². The second-order valence-corrected chi connectivity index (χ2v) is 3.94. The van der Waals surface area contributed by atoms with Gasteiger partial charge in [0.05, 0.1) is 12.7 Å². The fourth-order valence-electron chi connectivity index (χ4n) is 1.81. The zero-order chi connectivity index (χ0) is 12.1. The predicted molar refractivity (Wildman–Crippen MR) is 65.3 cm³/mol. The lowest BCUT2D eigenvalue weighted by molar-refractivity contribution is 0.0979. The van der Waals surface area contributed by atoms with Gasteiger partial charge in [-0.2, -0.15) is 0 Å². The highest BCUT2D eigenvalue weighted by Crippen LogP contribution is 2.25. The van der Waals surface area contributed by atoms with E-state index < -0.39 is 0 Å². The fraction of sp³-hybridized carbons (Fsp3) is 0.462. The smallest absolute Gasteiger partial charge is 0.168 e. The van der Waals surface area contributed by atoms with Gasteiger partial charge in [0, 0.05) is 13.0 Å². The quantitative estimate of drug-likeness (QED) is 0.774. The van der Waals surface area contributed by atoms with E-state index in [1.807, 2.05) is 33.0 Å². The van der Waals surface area contributed by atoms with Gasteiger partial charge in [-0.3, -0.25) is 4.79 Å². The summed E-state index contributed by atoms with van der Waals surface area (Å²) in [5, 5.41) is 2.98. The van der Waals surface area contributed by atoms with Crippen LogP contribution in [0.5, 0.6) is 5.75 Å². The summed E-state index contributed by atoms with van der Waals surface area (Å²) in [7, 11) is 3.44. The van der Waals surface area contributed by atoms with Crippen LogP contribution in [0.15, 0.2) is 12.1 Å². The minimum atomic E-state index is 0.128. The summed E-state index contributed by atoms with van der Waals surface area (Å²) in [4.78, 5) is 12.0. The number of methoxy groups -OCH3 is 1. The summed E-state index contributed by atoms with van der Waals surface area (Å²) >= 11 is 0. The molecule has 0 saturated heterocycles. The molecular formula is C13H19NO2. The predicted octanol–water partition coefficient (Wildman–Crippen LogP) is 2.10. The van der Waals surface area contributed by atoms with E-state index in [1.54, 1.807) is 7.11 Å². The molecule has 0 radical (unpaired) electrons. The molecule has 1 N–H and O–H groups in total. The van der Waals surface area contributed by atoms with Crippen molar-refractivity contribution in [1.29, 1.82) is 0 Å². The third-order valence-electron chi connectivity index (χ3n) is 2.54. The average molecular weight is 221 g/mol. The lowest BCUT2D eigenvalue weighted by Crippen LogP contribution is -2.14. The standard InChI is InChI=1S/C13H19NO2/c1-9-7-10(2)13(12(8-9)16-4)11(15)5-6-14-3/h7-8,14H,5-6H2,1-4H3. The van der Waals surface area contributed by atoms with Gasteiger partial charge in [0.1, 0.15) is 5.75 Å². The Morgan fingerprint density at radius 3 is 2.62 bits per heavy atom. The molecule has 0 unspecified atom stereocenters. The van der Waals surface area contributed by atoms with Gasteiger partial charge in [-0.15, -0.1) is 0 Å². The van der Waals surface area contributed by atoms with Crippen LogP contribution in [-0.2, 0) is 0 Å². The molecule has 16 heavy (non-hydrogen) atoms. The number of Topliss-reactive ketones (excluding diaryl/α,β-unsaturated/α-hetero) is 1. The normalized spacial score (nSPS) is 10.2. The monoisotopic (exact) mass is 221 g/mol. The van der Waals surface area contributed by atoms with Crippen molar-refractivity contribution in [2.45, 2.75) is 20.3 Å². The number of aryl methyl sites for hydroxylation is 2. The van der Waals surface area contributed by atoms with Crippen LogP contribution in [0.1, 0.15) is 27.9 Å². The SMILES string of the molecule is CNCCC(=O)c1c(C)cc(C)cc1OC. The number of ketones is 1. The number of hydrogen-bond donors (Lipinski definition) is 1. The van der Waals surface area contributed by atoms with Crippen molar-refractivity contribution in [2.75, 3.05) is 20.7 Å². The van der Waals surface area contributed by atoms with Crippen LogP contribution in [0.2, 0.25) is 0 Å². The van der Waals surface area contributed by atoms with Crippen LogP contribution < -0.4 is 10.1 Å². The Morgan fingerprint density at radius 2 is 2.06 bits per heavy atom.